The van der Waals surface area contributed by atoms with E-state index in [2.05, 4.69) is 28.1 Å². The van der Waals surface area contributed by atoms with Gasteiger partial charge in [-0.1, -0.05) is 11.6 Å². The zero-order valence-corrected chi connectivity index (χ0v) is 31.8. The van der Waals surface area contributed by atoms with Crippen LogP contribution < -0.4 is 15.1 Å². The number of hydrogen-bond donors (Lipinski definition) is 1. The number of imide groups is 2. The average Bonchev–Trinajstić information content (AvgIpc) is 3.79. The summed E-state index contributed by atoms with van der Waals surface area (Å²) in [6.45, 7) is 5.87. The molecule has 56 heavy (non-hydrogen) atoms. The van der Waals surface area contributed by atoms with E-state index >= 15 is 4.39 Å². The van der Waals surface area contributed by atoms with E-state index in [9.17, 15) is 29.2 Å². The predicted molar refractivity (Wildman–Crippen MR) is 205 cm³/mol. The molecule has 6 aliphatic heterocycles. The lowest BCUT2D eigenvalue weighted by Gasteiger charge is -2.46. The fourth-order valence-corrected chi connectivity index (χ4v) is 10.1. The van der Waals surface area contributed by atoms with Crippen molar-refractivity contribution in [3.05, 3.63) is 93.0 Å². The van der Waals surface area contributed by atoms with Crippen LogP contribution in [0.1, 0.15) is 86.8 Å². The van der Waals surface area contributed by atoms with Crippen molar-refractivity contribution in [2.45, 2.75) is 69.9 Å². The quantitative estimate of drug-likeness (QED) is 0.354. The van der Waals surface area contributed by atoms with Gasteiger partial charge in [-0.05, 0) is 104 Å². The van der Waals surface area contributed by atoms with E-state index in [0.29, 0.717) is 35.3 Å². The van der Waals surface area contributed by atoms with E-state index in [4.69, 9.17) is 11.6 Å². The number of amides is 5. The van der Waals surface area contributed by atoms with Gasteiger partial charge in [-0.2, -0.15) is 5.26 Å². The van der Waals surface area contributed by atoms with Gasteiger partial charge in [-0.15, -0.1) is 0 Å². The van der Waals surface area contributed by atoms with Gasteiger partial charge < -0.3 is 14.7 Å². The summed E-state index contributed by atoms with van der Waals surface area (Å²) in [6, 6.07) is 18.1. The Bertz CT molecular complexity index is 2200. The smallest absolute Gasteiger partial charge is 0.262 e. The Morgan fingerprint density at radius 2 is 1.57 bits per heavy atom. The molecule has 6 aliphatic rings. The van der Waals surface area contributed by atoms with Gasteiger partial charge in [0.25, 0.3) is 17.7 Å². The summed E-state index contributed by atoms with van der Waals surface area (Å²) >= 11 is 6.35. The third-order valence-electron chi connectivity index (χ3n) is 12.8. The Labute approximate surface area is 328 Å². The van der Waals surface area contributed by atoms with Crippen molar-refractivity contribution in [1.29, 1.82) is 5.26 Å². The lowest BCUT2D eigenvalue weighted by atomic mass is 9.76. The van der Waals surface area contributed by atoms with Crippen molar-refractivity contribution in [1.82, 2.24) is 20.0 Å². The van der Waals surface area contributed by atoms with Crippen molar-refractivity contribution in [3.8, 4) is 6.07 Å². The number of piperidine rings is 2. The molecule has 9 rings (SSSR count). The van der Waals surface area contributed by atoms with Crippen LogP contribution in [0.3, 0.4) is 0 Å². The number of benzene rings is 3. The van der Waals surface area contributed by atoms with Crippen molar-refractivity contribution in [3.63, 3.8) is 0 Å². The van der Waals surface area contributed by atoms with Crippen LogP contribution >= 0.6 is 11.6 Å². The van der Waals surface area contributed by atoms with Gasteiger partial charge in [0.2, 0.25) is 11.8 Å². The zero-order chi connectivity index (χ0) is 39.1. The molecule has 1 N–H and O–H groups in total. The van der Waals surface area contributed by atoms with E-state index < -0.39 is 35.3 Å². The van der Waals surface area contributed by atoms with E-state index in [-0.39, 0.29) is 54.9 Å². The molecule has 4 fully saturated rings. The zero-order valence-electron chi connectivity index (χ0n) is 31.0. The van der Waals surface area contributed by atoms with Crippen LogP contribution in [0, 0.1) is 16.7 Å². The van der Waals surface area contributed by atoms with Crippen LogP contribution in [0.2, 0.25) is 5.02 Å². The number of likely N-dealkylation sites (tertiary alicyclic amines) is 1. The standard InChI is InChI=1S/C42H41ClFN7O5/c1-25-17-41(21-50(25)31-7-4-27(18-45)34(43)16-31)10-12-48(13-11-41)30-5-2-26(3-6-30)38(54)49-23-42(44,24-49)22-47-19-28-14-32-33(15-29(28)20-47)40(56)51(39(32)55)35-8-9-36(52)46-37(35)53/h2-7,14-16,25,35H,8-13,17,19-24H2,1H3,(H,46,52,53)/t25-,35?/m0/s1. The van der Waals surface area contributed by atoms with Crippen LogP contribution in [0.15, 0.2) is 54.6 Å². The largest absolute Gasteiger partial charge is 0.371 e. The van der Waals surface area contributed by atoms with E-state index in [1.807, 2.05) is 41.3 Å². The molecule has 0 aliphatic carbocycles. The number of nitrogens with one attached hydrogen (secondary N) is 1. The number of carbonyl (C=O) groups is 5. The van der Waals surface area contributed by atoms with Gasteiger partial charge in [0.15, 0.2) is 5.67 Å². The molecular weight excluding hydrogens is 737 g/mol. The molecule has 12 nitrogen and oxygen atoms in total. The van der Waals surface area contributed by atoms with E-state index in [1.165, 1.54) is 4.90 Å². The van der Waals surface area contributed by atoms with Gasteiger partial charge in [-0.3, -0.25) is 39.1 Å². The van der Waals surface area contributed by atoms with Crippen LogP contribution in [-0.4, -0.2) is 101 Å². The maximum absolute atomic E-state index is 16.0. The summed E-state index contributed by atoms with van der Waals surface area (Å²) in [5, 5.41) is 12.0. The number of hydrogen-bond acceptors (Lipinski definition) is 9. The number of carbonyl (C=O) groups excluding carboxylic acids is 5. The molecule has 6 heterocycles. The molecule has 5 amide bonds. The van der Waals surface area contributed by atoms with Gasteiger partial charge >= 0.3 is 0 Å². The van der Waals surface area contributed by atoms with Crippen LogP contribution in [0.25, 0.3) is 0 Å². The van der Waals surface area contributed by atoms with Gasteiger partial charge in [-0.25, -0.2) is 4.39 Å². The van der Waals surface area contributed by atoms with Crippen molar-refractivity contribution in [2.24, 2.45) is 5.41 Å². The Kier molecular flexibility index (Phi) is 8.70. The number of fused-ring (bicyclic) bond motifs is 2. The topological polar surface area (TPSA) is 137 Å². The molecule has 14 heteroatoms. The van der Waals surface area contributed by atoms with Gasteiger partial charge in [0, 0.05) is 68.7 Å². The van der Waals surface area contributed by atoms with Crippen LogP contribution in [0.4, 0.5) is 15.8 Å². The second kappa shape index (κ2) is 13.4. The Hall–Kier alpha value is -5.32. The number of alkyl halides is 1. The van der Waals surface area contributed by atoms with Gasteiger partial charge in [0.05, 0.1) is 34.8 Å². The molecule has 3 aromatic carbocycles. The molecule has 0 radical (unpaired) electrons. The first-order chi connectivity index (χ1) is 26.8. The highest BCUT2D eigenvalue weighted by atomic mass is 35.5. The monoisotopic (exact) mass is 777 g/mol. The molecule has 288 valence electrons. The fraction of sp³-hybridized carbons (Fsp3) is 0.429. The lowest BCUT2D eigenvalue weighted by molar-refractivity contribution is -0.136. The fourth-order valence-electron chi connectivity index (χ4n) is 9.87. The molecule has 1 unspecified atom stereocenters. The summed E-state index contributed by atoms with van der Waals surface area (Å²) < 4.78 is 16.0. The first kappa shape index (κ1) is 36.3. The predicted octanol–water partition coefficient (Wildman–Crippen LogP) is 4.68. The molecule has 0 aromatic heterocycles. The summed E-state index contributed by atoms with van der Waals surface area (Å²) in [5.41, 5.74) is 3.82. The Morgan fingerprint density at radius 3 is 2.18 bits per heavy atom. The minimum atomic E-state index is -1.59. The Balaban J connectivity index is 0.765. The molecule has 0 saturated carbocycles. The molecule has 2 atom stereocenters. The normalized spacial score (nSPS) is 24.0. The lowest BCUT2D eigenvalue weighted by Crippen LogP contribution is -2.64. The second-order valence-electron chi connectivity index (χ2n) is 16.6. The number of anilines is 2. The average molecular weight is 778 g/mol. The highest BCUT2D eigenvalue weighted by Gasteiger charge is 2.49. The maximum Gasteiger partial charge on any atom is 0.262 e. The molecular formula is C42H41ClFN7O5. The van der Waals surface area contributed by atoms with Gasteiger partial charge in [0.1, 0.15) is 12.1 Å². The van der Waals surface area contributed by atoms with E-state index in [1.54, 1.807) is 18.2 Å². The highest BCUT2D eigenvalue weighted by Crippen LogP contribution is 2.46. The highest BCUT2D eigenvalue weighted by molar-refractivity contribution is 6.32. The molecule has 1 spiro atoms. The minimum absolute atomic E-state index is 0.0207. The summed E-state index contributed by atoms with van der Waals surface area (Å²) in [4.78, 5) is 73.1. The van der Waals surface area contributed by atoms with Crippen LogP contribution in [0.5, 0.6) is 0 Å². The summed E-state index contributed by atoms with van der Waals surface area (Å²) in [7, 11) is 0. The second-order valence-corrected chi connectivity index (χ2v) is 17.0. The molecule has 4 saturated heterocycles. The first-order valence-corrected chi connectivity index (χ1v) is 19.6. The molecule has 3 aromatic rings. The van der Waals surface area contributed by atoms with E-state index in [0.717, 1.165) is 66.3 Å². The summed E-state index contributed by atoms with van der Waals surface area (Å²) in [5.74, 6) is -2.41. The SMILES string of the molecule is C[C@H]1CC2(CCN(c3ccc(C(=O)N4CC(F)(CN5Cc6cc7c(cc6C5)C(=O)N(C5CCC(=O)NC5=O)C7=O)C4)cc3)CC2)CN1c1ccc(C#N)c(Cl)c1. The number of nitriles is 1. The van der Waals surface area contributed by atoms with Crippen molar-refractivity contribution in [2.75, 3.05) is 49.1 Å². The minimum Gasteiger partial charge on any atom is -0.371 e. The first-order valence-electron chi connectivity index (χ1n) is 19.2. The Morgan fingerprint density at radius 1 is 0.929 bits per heavy atom. The number of halogens is 2. The molecule has 0 bridgehead atoms. The maximum atomic E-state index is 16.0. The third kappa shape index (κ3) is 6.19. The summed E-state index contributed by atoms with van der Waals surface area (Å²) in [6.07, 6.45) is 3.34. The van der Waals surface area contributed by atoms with Crippen molar-refractivity contribution < 1.29 is 28.4 Å². The van der Waals surface area contributed by atoms with Crippen LogP contribution in [-0.2, 0) is 22.7 Å². The number of rotatable bonds is 6. The van der Waals surface area contributed by atoms with Crippen molar-refractivity contribution >= 4 is 52.5 Å². The third-order valence-corrected chi connectivity index (χ3v) is 13.1. The number of nitrogens with zero attached hydrogens (tertiary/aromatic N) is 6.